The average molecular weight is 254 g/mol. The zero-order valence-corrected chi connectivity index (χ0v) is 7.64. The van der Waals surface area contributed by atoms with Gasteiger partial charge in [-0.05, 0) is 29.5 Å². The molecule has 1 aromatic heterocycles. The van der Waals surface area contributed by atoms with Crippen molar-refractivity contribution in [3.05, 3.63) is 20.7 Å². The van der Waals surface area contributed by atoms with Gasteiger partial charge < -0.3 is 0 Å². The molecule has 2 nitrogen and oxygen atoms in total. The molecule has 0 aliphatic rings. The Hall–Kier alpha value is 0.1000. The molecule has 4 heteroatoms. The van der Waals surface area contributed by atoms with Crippen LogP contribution in [0.25, 0.3) is 0 Å². The van der Waals surface area contributed by atoms with Crippen molar-refractivity contribution < 1.29 is 0 Å². The summed E-state index contributed by atoms with van der Waals surface area (Å²) in [5.74, 6) is 0.715. The largest absolute Gasteiger partial charge is 0.227 e. The van der Waals surface area contributed by atoms with Gasteiger partial charge in [-0.15, -0.1) is 0 Å². The Morgan fingerprint density at radius 2 is 2.22 bits per heavy atom. The summed E-state index contributed by atoms with van der Waals surface area (Å²) in [5.41, 5.74) is 0. The van der Waals surface area contributed by atoms with Crippen LogP contribution in [0.3, 0.4) is 0 Å². The second-order valence-corrected chi connectivity index (χ2v) is 3.05. The average Bonchev–Trinajstić information content (AvgIpc) is 1.59. The van der Waals surface area contributed by atoms with E-state index in [1.54, 1.807) is 6.07 Å². The van der Waals surface area contributed by atoms with Crippen LogP contribution in [0.2, 0.25) is 5.15 Å². The Balaban J connectivity index is 3.17. The lowest BCUT2D eigenvalue weighted by molar-refractivity contribution is 1.03. The highest BCUT2D eigenvalue weighted by molar-refractivity contribution is 14.1. The molecule has 0 saturated carbocycles. The van der Waals surface area contributed by atoms with E-state index >= 15 is 0 Å². The predicted molar refractivity (Wildman–Crippen MR) is 44.5 cm³/mol. The minimum Gasteiger partial charge on any atom is -0.227 e. The van der Waals surface area contributed by atoms with Crippen LogP contribution in [-0.4, -0.2) is 9.97 Å². The Kier molecular flexibility index (Phi) is 2.23. The molecule has 0 saturated heterocycles. The molecule has 0 aliphatic heterocycles. The second-order valence-electron chi connectivity index (χ2n) is 1.56. The molecular formula is C5H4ClIN2. The number of halogens is 2. The molecule has 0 radical (unpaired) electrons. The van der Waals surface area contributed by atoms with Crippen LogP contribution in [0.15, 0.2) is 6.07 Å². The topological polar surface area (TPSA) is 25.8 Å². The smallest absolute Gasteiger partial charge is 0.133 e. The molecule has 0 aliphatic carbocycles. The SMILES string of the molecule is Cc1nc(Cl)cc(I)n1. The lowest BCUT2D eigenvalue weighted by atomic mass is 10.6. The van der Waals surface area contributed by atoms with E-state index in [0.717, 1.165) is 3.70 Å². The zero-order chi connectivity index (χ0) is 6.85. The van der Waals surface area contributed by atoms with Crippen molar-refractivity contribution >= 4 is 34.2 Å². The maximum Gasteiger partial charge on any atom is 0.133 e. The Morgan fingerprint density at radius 1 is 1.56 bits per heavy atom. The third kappa shape index (κ3) is 2.06. The monoisotopic (exact) mass is 254 g/mol. The van der Waals surface area contributed by atoms with Gasteiger partial charge >= 0.3 is 0 Å². The molecular weight excluding hydrogens is 250 g/mol. The summed E-state index contributed by atoms with van der Waals surface area (Å²) in [7, 11) is 0. The van der Waals surface area contributed by atoms with E-state index in [2.05, 4.69) is 32.6 Å². The second kappa shape index (κ2) is 2.79. The van der Waals surface area contributed by atoms with Crippen molar-refractivity contribution in [2.75, 3.05) is 0 Å². The third-order valence-corrected chi connectivity index (χ3v) is 1.52. The van der Waals surface area contributed by atoms with Crippen molar-refractivity contribution in [3.8, 4) is 0 Å². The van der Waals surface area contributed by atoms with Gasteiger partial charge in [0.05, 0.1) is 0 Å². The van der Waals surface area contributed by atoms with Gasteiger partial charge in [-0.1, -0.05) is 11.6 Å². The van der Waals surface area contributed by atoms with E-state index < -0.39 is 0 Å². The molecule has 48 valence electrons. The molecule has 0 aromatic carbocycles. The summed E-state index contributed by atoms with van der Waals surface area (Å²) in [6.45, 7) is 1.81. The van der Waals surface area contributed by atoms with Gasteiger partial charge in [-0.2, -0.15) is 0 Å². The van der Waals surface area contributed by atoms with Gasteiger partial charge in [-0.25, -0.2) is 9.97 Å². The van der Waals surface area contributed by atoms with Gasteiger partial charge in [0.1, 0.15) is 14.7 Å². The van der Waals surface area contributed by atoms with Crippen molar-refractivity contribution in [1.82, 2.24) is 9.97 Å². The lowest BCUT2D eigenvalue weighted by Gasteiger charge is -1.92. The highest BCUT2D eigenvalue weighted by Crippen LogP contribution is 2.07. The molecule has 0 atom stereocenters. The van der Waals surface area contributed by atoms with Crippen LogP contribution >= 0.6 is 34.2 Å². The van der Waals surface area contributed by atoms with Gasteiger partial charge in [0.2, 0.25) is 0 Å². The number of hydrogen-bond donors (Lipinski definition) is 0. The molecule has 9 heavy (non-hydrogen) atoms. The van der Waals surface area contributed by atoms with E-state index in [-0.39, 0.29) is 0 Å². The number of aryl methyl sites for hydroxylation is 1. The first-order chi connectivity index (χ1) is 4.18. The molecule has 1 rings (SSSR count). The van der Waals surface area contributed by atoms with Crippen LogP contribution in [0.4, 0.5) is 0 Å². The fraction of sp³-hybridized carbons (Fsp3) is 0.200. The van der Waals surface area contributed by atoms with E-state index in [1.165, 1.54) is 0 Å². The van der Waals surface area contributed by atoms with Crippen LogP contribution in [0, 0.1) is 10.6 Å². The van der Waals surface area contributed by atoms with Gasteiger partial charge in [0.25, 0.3) is 0 Å². The summed E-state index contributed by atoms with van der Waals surface area (Å²) in [6, 6.07) is 1.72. The molecule has 1 aromatic rings. The fourth-order valence-corrected chi connectivity index (χ4v) is 1.55. The van der Waals surface area contributed by atoms with Crippen LogP contribution in [0.5, 0.6) is 0 Å². The molecule has 0 fully saturated rings. The minimum absolute atomic E-state index is 0.506. The van der Waals surface area contributed by atoms with E-state index in [0.29, 0.717) is 11.0 Å². The number of rotatable bonds is 0. The summed E-state index contributed by atoms with van der Waals surface area (Å²) >= 11 is 7.69. The van der Waals surface area contributed by atoms with E-state index in [9.17, 15) is 0 Å². The summed E-state index contributed by atoms with van der Waals surface area (Å²) in [6.07, 6.45) is 0. The van der Waals surface area contributed by atoms with Gasteiger partial charge in [0, 0.05) is 6.07 Å². The predicted octanol–water partition coefficient (Wildman–Crippen LogP) is 2.04. The molecule has 0 N–H and O–H groups in total. The highest BCUT2D eigenvalue weighted by atomic mass is 127. The Labute approximate surface area is 71.8 Å². The van der Waals surface area contributed by atoms with E-state index in [4.69, 9.17) is 11.6 Å². The van der Waals surface area contributed by atoms with E-state index in [1.807, 2.05) is 6.92 Å². The molecule has 0 amide bonds. The quantitative estimate of drug-likeness (QED) is 0.523. The standard InChI is InChI=1S/C5H4ClIN2/c1-3-8-4(6)2-5(7)9-3/h2H,1H3. The van der Waals surface area contributed by atoms with Crippen LogP contribution in [0.1, 0.15) is 5.82 Å². The lowest BCUT2D eigenvalue weighted by Crippen LogP contribution is -1.89. The normalized spacial score (nSPS) is 9.67. The van der Waals surface area contributed by atoms with Gasteiger partial charge in [-0.3, -0.25) is 0 Å². The Bertz CT molecular complexity index is 176. The maximum atomic E-state index is 5.59. The maximum absolute atomic E-state index is 5.59. The minimum atomic E-state index is 0.506. The summed E-state index contributed by atoms with van der Waals surface area (Å²) in [4.78, 5) is 7.91. The number of hydrogen-bond acceptors (Lipinski definition) is 2. The number of nitrogens with zero attached hydrogens (tertiary/aromatic N) is 2. The van der Waals surface area contributed by atoms with Crippen LogP contribution < -0.4 is 0 Å². The molecule has 0 unspecified atom stereocenters. The first-order valence-electron chi connectivity index (χ1n) is 2.35. The van der Waals surface area contributed by atoms with Crippen molar-refractivity contribution in [3.63, 3.8) is 0 Å². The third-order valence-electron chi connectivity index (χ3n) is 0.775. The first-order valence-corrected chi connectivity index (χ1v) is 3.81. The fourth-order valence-electron chi connectivity index (χ4n) is 0.497. The first kappa shape index (κ1) is 7.21. The molecule has 0 spiro atoms. The van der Waals surface area contributed by atoms with Gasteiger partial charge in [0.15, 0.2) is 0 Å². The summed E-state index contributed by atoms with van der Waals surface area (Å²) in [5, 5.41) is 0.506. The molecule has 0 bridgehead atoms. The zero-order valence-electron chi connectivity index (χ0n) is 4.73. The molecule has 1 heterocycles. The van der Waals surface area contributed by atoms with Crippen molar-refractivity contribution in [2.45, 2.75) is 6.92 Å². The number of aromatic nitrogens is 2. The Morgan fingerprint density at radius 3 is 2.67 bits per heavy atom. The van der Waals surface area contributed by atoms with Crippen molar-refractivity contribution in [1.29, 1.82) is 0 Å². The summed E-state index contributed by atoms with van der Waals surface area (Å²) < 4.78 is 0.880. The van der Waals surface area contributed by atoms with Crippen molar-refractivity contribution in [2.24, 2.45) is 0 Å². The highest BCUT2D eigenvalue weighted by Gasteiger charge is 1.93. The van der Waals surface area contributed by atoms with Crippen LogP contribution in [-0.2, 0) is 0 Å².